The number of carbonyl (C=O) groups is 1. The Labute approximate surface area is 72.3 Å². The highest BCUT2D eigenvalue weighted by atomic mass is 16.3. The molecule has 0 aromatic heterocycles. The van der Waals surface area contributed by atoms with Gasteiger partial charge in [0, 0.05) is 13.1 Å². The van der Waals surface area contributed by atoms with Crippen LogP contribution in [0.4, 0.5) is 0 Å². The van der Waals surface area contributed by atoms with Gasteiger partial charge in [-0.3, -0.25) is 4.79 Å². The van der Waals surface area contributed by atoms with Gasteiger partial charge in [0.15, 0.2) is 0 Å². The summed E-state index contributed by atoms with van der Waals surface area (Å²) >= 11 is 0. The summed E-state index contributed by atoms with van der Waals surface area (Å²) in [5.41, 5.74) is 5.64. The summed E-state index contributed by atoms with van der Waals surface area (Å²) in [4.78, 5) is 13.0. The molecule has 0 saturated carbocycles. The molecule has 1 aliphatic rings. The van der Waals surface area contributed by atoms with E-state index < -0.39 is 6.04 Å². The maximum Gasteiger partial charge on any atom is 0.239 e. The molecule has 70 valence electrons. The van der Waals surface area contributed by atoms with Gasteiger partial charge in [0.1, 0.15) is 0 Å². The van der Waals surface area contributed by atoms with Crippen LogP contribution in [0.5, 0.6) is 0 Å². The zero-order valence-corrected chi connectivity index (χ0v) is 7.53. The van der Waals surface area contributed by atoms with Gasteiger partial charge in [-0.15, -0.1) is 0 Å². The summed E-state index contributed by atoms with van der Waals surface area (Å²) in [6.07, 6.45) is -0.340. The fraction of sp³-hybridized carbons (Fsp3) is 0.875. The van der Waals surface area contributed by atoms with E-state index in [-0.39, 0.29) is 17.9 Å². The third-order valence-electron chi connectivity index (χ3n) is 2.18. The van der Waals surface area contributed by atoms with Crippen molar-refractivity contribution in [3.05, 3.63) is 0 Å². The Morgan fingerprint density at radius 3 is 2.42 bits per heavy atom. The van der Waals surface area contributed by atoms with Crippen molar-refractivity contribution in [1.29, 1.82) is 0 Å². The number of nitrogens with two attached hydrogens (primary N) is 1. The molecule has 3 N–H and O–H groups in total. The van der Waals surface area contributed by atoms with E-state index in [2.05, 4.69) is 0 Å². The molecule has 1 aliphatic heterocycles. The van der Waals surface area contributed by atoms with Crippen molar-refractivity contribution in [2.75, 3.05) is 13.1 Å². The summed E-state index contributed by atoms with van der Waals surface area (Å²) in [6.45, 7) is 4.72. The largest absolute Gasteiger partial charge is 0.389 e. The minimum Gasteiger partial charge on any atom is -0.389 e. The van der Waals surface area contributed by atoms with Crippen LogP contribution < -0.4 is 5.73 Å². The van der Waals surface area contributed by atoms with Crippen molar-refractivity contribution < 1.29 is 9.90 Å². The Hall–Kier alpha value is -0.610. The zero-order valence-electron chi connectivity index (χ0n) is 7.53. The van der Waals surface area contributed by atoms with Gasteiger partial charge in [-0.2, -0.15) is 0 Å². The van der Waals surface area contributed by atoms with Crippen LogP contribution in [-0.2, 0) is 4.79 Å². The summed E-state index contributed by atoms with van der Waals surface area (Å²) in [7, 11) is 0. The van der Waals surface area contributed by atoms with Crippen molar-refractivity contribution in [2.24, 2.45) is 11.7 Å². The van der Waals surface area contributed by atoms with E-state index in [0.29, 0.717) is 13.1 Å². The fourth-order valence-electron chi connectivity index (χ4n) is 1.13. The molecular weight excluding hydrogens is 156 g/mol. The predicted octanol–water partition coefficient (Wildman–Crippen LogP) is -0.827. The number of aliphatic hydroxyl groups is 1. The number of β-amino-alcohol motifs (C(OH)–C–C–N with tert-alkyl or cyclic N) is 1. The van der Waals surface area contributed by atoms with Crippen LogP contribution in [-0.4, -0.2) is 41.1 Å². The molecule has 0 aromatic rings. The predicted molar refractivity (Wildman–Crippen MR) is 45.4 cm³/mol. The van der Waals surface area contributed by atoms with E-state index in [1.54, 1.807) is 4.90 Å². The lowest BCUT2D eigenvalue weighted by atomic mass is 10.0. The highest BCUT2D eigenvalue weighted by Gasteiger charge is 2.32. The Kier molecular flexibility index (Phi) is 2.69. The maximum atomic E-state index is 11.4. The number of amides is 1. The van der Waals surface area contributed by atoms with Crippen LogP contribution in [0, 0.1) is 5.92 Å². The Morgan fingerprint density at radius 1 is 1.58 bits per heavy atom. The van der Waals surface area contributed by atoms with Gasteiger partial charge in [-0.05, 0) is 5.92 Å². The first-order valence-electron chi connectivity index (χ1n) is 4.24. The lowest BCUT2D eigenvalue weighted by Crippen LogP contribution is -2.58. The SMILES string of the molecule is CC(C)[C@H](N)C(=O)N1CC(O)C1. The van der Waals surface area contributed by atoms with Crippen molar-refractivity contribution in [3.63, 3.8) is 0 Å². The molecule has 0 radical (unpaired) electrons. The van der Waals surface area contributed by atoms with Gasteiger partial charge in [0.25, 0.3) is 0 Å². The van der Waals surface area contributed by atoms with E-state index in [0.717, 1.165) is 0 Å². The van der Waals surface area contributed by atoms with Crippen LogP contribution >= 0.6 is 0 Å². The highest BCUT2D eigenvalue weighted by molar-refractivity contribution is 5.82. The topological polar surface area (TPSA) is 66.6 Å². The first-order chi connectivity index (χ1) is 5.52. The van der Waals surface area contributed by atoms with Crippen LogP contribution in [0.15, 0.2) is 0 Å². The number of rotatable bonds is 2. The summed E-state index contributed by atoms with van der Waals surface area (Å²) in [6, 6.07) is -0.419. The molecule has 1 heterocycles. The number of aliphatic hydroxyl groups excluding tert-OH is 1. The molecule has 12 heavy (non-hydrogen) atoms. The quantitative estimate of drug-likeness (QED) is 0.571. The summed E-state index contributed by atoms with van der Waals surface area (Å²) in [5, 5.41) is 8.95. The molecule has 1 saturated heterocycles. The highest BCUT2D eigenvalue weighted by Crippen LogP contribution is 2.11. The summed E-state index contributed by atoms with van der Waals surface area (Å²) in [5.74, 6) is 0.116. The van der Waals surface area contributed by atoms with Crippen LogP contribution in [0.3, 0.4) is 0 Å². The minimum absolute atomic E-state index is 0.0460. The van der Waals surface area contributed by atoms with Gasteiger partial charge in [-0.25, -0.2) is 0 Å². The second-order valence-electron chi connectivity index (χ2n) is 3.67. The van der Waals surface area contributed by atoms with Crippen molar-refractivity contribution >= 4 is 5.91 Å². The van der Waals surface area contributed by atoms with Crippen molar-refractivity contribution in [2.45, 2.75) is 26.0 Å². The molecule has 0 aromatic carbocycles. The average molecular weight is 172 g/mol. The standard InChI is InChI=1S/C8H16N2O2/c1-5(2)7(9)8(12)10-3-6(11)4-10/h5-7,11H,3-4,9H2,1-2H3/t7-/m0/s1. The van der Waals surface area contributed by atoms with E-state index >= 15 is 0 Å². The average Bonchev–Trinajstić information content (AvgIpc) is 1.95. The molecule has 0 spiro atoms. The summed E-state index contributed by atoms with van der Waals surface area (Å²) < 4.78 is 0. The number of likely N-dealkylation sites (tertiary alicyclic amines) is 1. The normalized spacial score (nSPS) is 20.9. The zero-order chi connectivity index (χ0) is 9.30. The molecule has 4 nitrogen and oxygen atoms in total. The molecule has 0 unspecified atom stereocenters. The van der Waals surface area contributed by atoms with Crippen LogP contribution in [0.1, 0.15) is 13.8 Å². The monoisotopic (exact) mass is 172 g/mol. The molecule has 4 heteroatoms. The second kappa shape index (κ2) is 3.41. The van der Waals surface area contributed by atoms with Crippen LogP contribution in [0.2, 0.25) is 0 Å². The van der Waals surface area contributed by atoms with Gasteiger partial charge in [0.05, 0.1) is 12.1 Å². The lowest BCUT2D eigenvalue weighted by Gasteiger charge is -2.38. The van der Waals surface area contributed by atoms with E-state index in [1.807, 2.05) is 13.8 Å². The van der Waals surface area contributed by atoms with E-state index in [4.69, 9.17) is 10.8 Å². The molecular formula is C8H16N2O2. The third-order valence-corrected chi connectivity index (χ3v) is 2.18. The van der Waals surface area contributed by atoms with Gasteiger partial charge in [-0.1, -0.05) is 13.8 Å². The smallest absolute Gasteiger partial charge is 0.239 e. The number of hydrogen-bond donors (Lipinski definition) is 2. The maximum absolute atomic E-state index is 11.4. The first kappa shape index (κ1) is 9.48. The van der Waals surface area contributed by atoms with E-state index in [1.165, 1.54) is 0 Å². The Bertz CT molecular complexity index is 176. The second-order valence-corrected chi connectivity index (χ2v) is 3.67. The Morgan fingerprint density at radius 2 is 2.08 bits per heavy atom. The lowest BCUT2D eigenvalue weighted by molar-refractivity contribution is -0.143. The van der Waals surface area contributed by atoms with Crippen LogP contribution in [0.25, 0.3) is 0 Å². The van der Waals surface area contributed by atoms with Gasteiger partial charge in [0.2, 0.25) is 5.91 Å². The third kappa shape index (κ3) is 1.76. The molecule has 0 bridgehead atoms. The minimum atomic E-state index is -0.419. The number of carbonyl (C=O) groups excluding carboxylic acids is 1. The molecule has 1 fully saturated rings. The fourth-order valence-corrected chi connectivity index (χ4v) is 1.13. The number of nitrogens with zero attached hydrogens (tertiary/aromatic N) is 1. The van der Waals surface area contributed by atoms with Gasteiger partial charge < -0.3 is 15.7 Å². The van der Waals surface area contributed by atoms with E-state index in [9.17, 15) is 4.79 Å². The molecule has 1 atom stereocenters. The molecule has 0 aliphatic carbocycles. The first-order valence-corrected chi connectivity index (χ1v) is 4.24. The molecule has 1 rings (SSSR count). The van der Waals surface area contributed by atoms with Gasteiger partial charge >= 0.3 is 0 Å². The molecule has 1 amide bonds. The van der Waals surface area contributed by atoms with Crippen molar-refractivity contribution in [3.8, 4) is 0 Å². The van der Waals surface area contributed by atoms with Crippen molar-refractivity contribution in [1.82, 2.24) is 4.90 Å². The Balaban J connectivity index is 2.38. The number of hydrogen-bond acceptors (Lipinski definition) is 3.